The lowest BCUT2D eigenvalue weighted by Gasteiger charge is -2.25. The quantitative estimate of drug-likeness (QED) is 0.320. The maximum atomic E-state index is 4.09. The van der Waals surface area contributed by atoms with Gasteiger partial charge in [0.1, 0.15) is 0 Å². The first-order chi connectivity index (χ1) is 13.7. The maximum absolute atomic E-state index is 4.09. The molecule has 0 unspecified atom stereocenters. The van der Waals surface area contributed by atoms with Crippen molar-refractivity contribution >= 4 is 27.6 Å². The van der Waals surface area contributed by atoms with Gasteiger partial charge in [0.25, 0.3) is 0 Å². The predicted octanol–water partition coefficient (Wildman–Crippen LogP) is 8.13. The Bertz CT molecular complexity index is 1180. The minimum atomic E-state index is 1.11. The lowest BCUT2D eigenvalue weighted by molar-refractivity contribution is 0.954. The van der Waals surface area contributed by atoms with Gasteiger partial charge < -0.3 is 0 Å². The molecule has 0 heterocycles. The van der Waals surface area contributed by atoms with Crippen LogP contribution >= 0.6 is 0 Å². The number of benzene rings is 4. The third-order valence-electron chi connectivity index (χ3n) is 5.66. The molecule has 140 valence electrons. The Balaban J connectivity index is 0.000000604. The van der Waals surface area contributed by atoms with E-state index in [2.05, 4.69) is 88.0 Å². The van der Waals surface area contributed by atoms with Gasteiger partial charge in [-0.25, -0.2) is 0 Å². The molecule has 0 N–H and O–H groups in total. The molecule has 0 bridgehead atoms. The molecule has 5 rings (SSSR count). The first-order valence-corrected chi connectivity index (χ1v) is 10.4. The summed E-state index contributed by atoms with van der Waals surface area (Å²) >= 11 is 0. The Morgan fingerprint density at radius 3 is 2.43 bits per heavy atom. The van der Waals surface area contributed by atoms with Crippen molar-refractivity contribution < 1.29 is 0 Å². The van der Waals surface area contributed by atoms with Gasteiger partial charge in [-0.2, -0.15) is 0 Å². The molecule has 0 fully saturated rings. The molecule has 4 aromatic carbocycles. The predicted molar refractivity (Wildman–Crippen MR) is 125 cm³/mol. The van der Waals surface area contributed by atoms with Crippen LogP contribution in [0, 0.1) is 6.92 Å². The monoisotopic (exact) mass is 364 g/mol. The smallest absolute Gasteiger partial charge is 0.00700 e. The second-order valence-electron chi connectivity index (χ2n) is 7.72. The Labute approximate surface area is 168 Å². The minimum absolute atomic E-state index is 1.11. The van der Waals surface area contributed by atoms with Gasteiger partial charge in [0.15, 0.2) is 0 Å². The summed E-state index contributed by atoms with van der Waals surface area (Å²) in [6.45, 7) is 10.5. The zero-order valence-electron chi connectivity index (χ0n) is 17.2. The summed E-state index contributed by atoms with van der Waals surface area (Å²) in [5.41, 5.74) is 8.35. The Morgan fingerprint density at radius 1 is 0.893 bits per heavy atom. The molecular formula is C28H28. The normalized spacial score (nSPS) is 12.1. The van der Waals surface area contributed by atoms with Crippen molar-refractivity contribution in [2.75, 3.05) is 0 Å². The number of aryl methyl sites for hydroxylation is 3. The van der Waals surface area contributed by atoms with E-state index < -0.39 is 0 Å². The van der Waals surface area contributed by atoms with Crippen LogP contribution in [0.2, 0.25) is 0 Å². The van der Waals surface area contributed by atoms with Crippen molar-refractivity contribution in [3.8, 4) is 11.1 Å². The van der Waals surface area contributed by atoms with Gasteiger partial charge in [0, 0.05) is 0 Å². The Morgan fingerprint density at radius 2 is 1.64 bits per heavy atom. The zero-order chi connectivity index (χ0) is 19.7. The molecule has 0 heteroatoms. The molecule has 0 amide bonds. The van der Waals surface area contributed by atoms with Crippen LogP contribution in [0.1, 0.15) is 42.5 Å². The van der Waals surface area contributed by atoms with Crippen LogP contribution in [0.5, 0.6) is 0 Å². The van der Waals surface area contributed by atoms with Crippen molar-refractivity contribution in [1.82, 2.24) is 0 Å². The largest absolute Gasteiger partial charge is 0.0984 e. The standard InChI is InChI=1S/C25H20.C3H8/c1-3-17-15-23-21(22-10-6-7-16(2)24(17)22)14-13-19-12-11-18-8-4-5-9-20(18)25(19)23;1-3-2/h3-12,15H,1,13-14H2,2H3;3H2,1-2H3. The fraction of sp³-hybridized carbons (Fsp3) is 0.214. The number of hydrogen-bond acceptors (Lipinski definition) is 0. The van der Waals surface area contributed by atoms with Gasteiger partial charge in [-0.05, 0) is 80.8 Å². The van der Waals surface area contributed by atoms with E-state index in [0.717, 1.165) is 12.8 Å². The van der Waals surface area contributed by atoms with Crippen molar-refractivity contribution in [3.05, 3.63) is 89.5 Å². The first-order valence-electron chi connectivity index (χ1n) is 10.4. The van der Waals surface area contributed by atoms with Crippen molar-refractivity contribution in [1.29, 1.82) is 0 Å². The summed E-state index contributed by atoms with van der Waals surface area (Å²) in [5, 5.41) is 5.44. The van der Waals surface area contributed by atoms with Crippen LogP contribution in [0.25, 0.3) is 38.7 Å². The van der Waals surface area contributed by atoms with E-state index in [1.807, 2.05) is 6.08 Å². The van der Waals surface area contributed by atoms with Crippen LogP contribution in [0.3, 0.4) is 0 Å². The molecule has 1 aliphatic rings. The fourth-order valence-electron chi connectivity index (χ4n) is 4.52. The summed E-state index contributed by atoms with van der Waals surface area (Å²) in [5.74, 6) is 0. The molecule has 0 atom stereocenters. The number of hydrogen-bond donors (Lipinski definition) is 0. The topological polar surface area (TPSA) is 0 Å². The SMILES string of the molecule is C=Cc1cc2c(c3cccc(C)c13)CCc1ccc3ccccc3c1-2.CCC. The van der Waals surface area contributed by atoms with E-state index in [9.17, 15) is 0 Å². The number of fused-ring (bicyclic) bond motifs is 7. The van der Waals surface area contributed by atoms with E-state index >= 15 is 0 Å². The van der Waals surface area contributed by atoms with E-state index in [0.29, 0.717) is 0 Å². The highest BCUT2D eigenvalue weighted by atomic mass is 14.2. The molecule has 28 heavy (non-hydrogen) atoms. The van der Waals surface area contributed by atoms with Crippen LogP contribution < -0.4 is 0 Å². The molecule has 0 saturated carbocycles. The highest BCUT2D eigenvalue weighted by Gasteiger charge is 2.21. The van der Waals surface area contributed by atoms with Crippen LogP contribution in [-0.4, -0.2) is 0 Å². The highest BCUT2D eigenvalue weighted by Crippen LogP contribution is 2.43. The van der Waals surface area contributed by atoms with Gasteiger partial charge in [-0.3, -0.25) is 0 Å². The van der Waals surface area contributed by atoms with Gasteiger partial charge >= 0.3 is 0 Å². The lowest BCUT2D eigenvalue weighted by Crippen LogP contribution is -2.06. The minimum Gasteiger partial charge on any atom is -0.0984 e. The third kappa shape index (κ3) is 2.94. The van der Waals surface area contributed by atoms with Gasteiger partial charge in [-0.15, -0.1) is 0 Å². The summed E-state index contributed by atoms with van der Waals surface area (Å²) in [6.07, 6.45) is 5.48. The van der Waals surface area contributed by atoms with Crippen molar-refractivity contribution in [2.45, 2.75) is 40.0 Å². The highest BCUT2D eigenvalue weighted by molar-refractivity contribution is 6.06. The van der Waals surface area contributed by atoms with E-state index in [1.165, 1.54) is 61.3 Å². The molecule has 0 aromatic heterocycles. The zero-order valence-corrected chi connectivity index (χ0v) is 17.2. The van der Waals surface area contributed by atoms with Crippen molar-refractivity contribution in [2.24, 2.45) is 0 Å². The maximum Gasteiger partial charge on any atom is -0.00700 e. The number of rotatable bonds is 1. The van der Waals surface area contributed by atoms with E-state index in [-0.39, 0.29) is 0 Å². The second kappa shape index (κ2) is 7.64. The van der Waals surface area contributed by atoms with E-state index in [1.54, 1.807) is 0 Å². The molecular weight excluding hydrogens is 336 g/mol. The summed E-state index contributed by atoms with van der Waals surface area (Å²) < 4.78 is 0. The molecule has 0 nitrogen and oxygen atoms in total. The van der Waals surface area contributed by atoms with Crippen LogP contribution in [-0.2, 0) is 12.8 Å². The Kier molecular flexibility index (Phi) is 5.05. The van der Waals surface area contributed by atoms with Gasteiger partial charge in [0.2, 0.25) is 0 Å². The molecule has 0 aliphatic heterocycles. The van der Waals surface area contributed by atoms with Gasteiger partial charge in [-0.1, -0.05) is 87.5 Å². The van der Waals surface area contributed by atoms with E-state index in [4.69, 9.17) is 0 Å². The van der Waals surface area contributed by atoms with Crippen LogP contribution in [0.15, 0.2) is 67.2 Å². The summed E-state index contributed by atoms with van der Waals surface area (Å²) in [4.78, 5) is 0. The Hall–Kier alpha value is -2.86. The second-order valence-corrected chi connectivity index (χ2v) is 7.72. The molecule has 0 saturated heterocycles. The van der Waals surface area contributed by atoms with Crippen molar-refractivity contribution in [3.63, 3.8) is 0 Å². The average Bonchev–Trinajstić information content (AvgIpc) is 2.73. The summed E-state index contributed by atoms with van der Waals surface area (Å²) in [6, 6.07) is 22.4. The average molecular weight is 365 g/mol. The first kappa shape index (κ1) is 18.5. The molecule has 1 aliphatic carbocycles. The van der Waals surface area contributed by atoms with Gasteiger partial charge in [0.05, 0.1) is 0 Å². The molecule has 4 aromatic rings. The molecule has 0 radical (unpaired) electrons. The van der Waals surface area contributed by atoms with Crippen LogP contribution in [0.4, 0.5) is 0 Å². The summed E-state index contributed by atoms with van der Waals surface area (Å²) in [7, 11) is 0. The molecule has 0 spiro atoms. The fourth-order valence-corrected chi connectivity index (χ4v) is 4.52. The third-order valence-corrected chi connectivity index (χ3v) is 5.66. The lowest BCUT2D eigenvalue weighted by atomic mass is 9.79.